The van der Waals surface area contributed by atoms with Crippen molar-refractivity contribution < 1.29 is 23.9 Å². The van der Waals surface area contributed by atoms with Crippen LogP contribution in [0.4, 0.5) is 5.00 Å². The van der Waals surface area contributed by atoms with Crippen molar-refractivity contribution in [3.8, 4) is 5.75 Å². The third kappa shape index (κ3) is 5.84. The highest BCUT2D eigenvalue weighted by atomic mass is 35.5. The molecule has 160 valence electrons. The van der Waals surface area contributed by atoms with E-state index in [9.17, 15) is 14.4 Å². The molecule has 0 aliphatic rings. The molecular formula is C22H19ClN2O5S. The molecule has 2 aromatic carbocycles. The molecule has 0 fully saturated rings. The Bertz CT molecular complexity index is 1100. The predicted molar refractivity (Wildman–Crippen MR) is 119 cm³/mol. The molecule has 31 heavy (non-hydrogen) atoms. The van der Waals surface area contributed by atoms with Crippen molar-refractivity contribution in [2.24, 2.45) is 5.73 Å². The van der Waals surface area contributed by atoms with Crippen LogP contribution in [0.1, 0.15) is 33.2 Å². The van der Waals surface area contributed by atoms with Gasteiger partial charge in [0.2, 0.25) is 0 Å². The molecule has 1 heterocycles. The molecule has 0 aliphatic carbocycles. The molecule has 1 aromatic heterocycles. The Labute approximate surface area is 187 Å². The summed E-state index contributed by atoms with van der Waals surface area (Å²) >= 11 is 7.03. The van der Waals surface area contributed by atoms with Crippen molar-refractivity contribution in [2.45, 2.75) is 19.6 Å². The van der Waals surface area contributed by atoms with Gasteiger partial charge in [-0.15, -0.1) is 11.3 Å². The van der Waals surface area contributed by atoms with Crippen molar-refractivity contribution in [1.29, 1.82) is 0 Å². The number of para-hydroxylation sites is 1. The van der Waals surface area contributed by atoms with Crippen LogP contribution in [0.25, 0.3) is 0 Å². The fraction of sp³-hybridized carbons (Fsp3) is 0.136. The smallest absolute Gasteiger partial charge is 0.342 e. The summed E-state index contributed by atoms with van der Waals surface area (Å²) in [7, 11) is 0. The summed E-state index contributed by atoms with van der Waals surface area (Å²) < 4.78 is 11.1. The topological polar surface area (TPSA) is 108 Å². The maximum atomic E-state index is 12.6. The van der Waals surface area contributed by atoms with Crippen LogP contribution in [0.3, 0.4) is 0 Å². The number of carbonyl (C=O) groups excluding carboxylic acids is 3. The van der Waals surface area contributed by atoms with Gasteiger partial charge in [-0.05, 0) is 48.2 Å². The van der Waals surface area contributed by atoms with Gasteiger partial charge in [0.05, 0.1) is 5.56 Å². The van der Waals surface area contributed by atoms with Gasteiger partial charge in [0.1, 0.15) is 22.9 Å². The van der Waals surface area contributed by atoms with Crippen LogP contribution in [0.2, 0.25) is 5.02 Å². The van der Waals surface area contributed by atoms with E-state index in [0.717, 1.165) is 16.9 Å². The van der Waals surface area contributed by atoms with Gasteiger partial charge in [-0.25, -0.2) is 4.79 Å². The molecule has 7 nitrogen and oxygen atoms in total. The van der Waals surface area contributed by atoms with Crippen molar-refractivity contribution in [2.75, 3.05) is 5.32 Å². The second-order valence-corrected chi connectivity index (χ2v) is 7.83. The van der Waals surface area contributed by atoms with Gasteiger partial charge in [-0.2, -0.15) is 0 Å². The summed E-state index contributed by atoms with van der Waals surface area (Å²) in [5.74, 6) is -1.63. The molecule has 3 rings (SSSR count). The second kappa shape index (κ2) is 10.1. The maximum Gasteiger partial charge on any atom is 0.342 e. The Balaban J connectivity index is 1.64. The number of hydrogen-bond donors (Lipinski definition) is 2. The number of amides is 2. The first-order valence-corrected chi connectivity index (χ1v) is 10.5. The summed E-state index contributed by atoms with van der Waals surface area (Å²) in [4.78, 5) is 36.4. The van der Waals surface area contributed by atoms with Gasteiger partial charge in [0.25, 0.3) is 11.8 Å². The molecular weight excluding hydrogens is 440 g/mol. The Kier molecular flexibility index (Phi) is 7.28. The van der Waals surface area contributed by atoms with Crippen molar-refractivity contribution in [3.05, 3.63) is 81.7 Å². The lowest BCUT2D eigenvalue weighted by molar-refractivity contribution is -0.123. The van der Waals surface area contributed by atoms with Crippen LogP contribution < -0.4 is 15.8 Å². The number of anilines is 1. The molecule has 0 spiro atoms. The first-order valence-electron chi connectivity index (χ1n) is 9.20. The largest absolute Gasteiger partial charge is 0.488 e. The highest BCUT2D eigenvalue weighted by Gasteiger charge is 2.23. The number of nitrogens with two attached hydrogens (primary N) is 1. The van der Waals surface area contributed by atoms with E-state index in [2.05, 4.69) is 5.32 Å². The fourth-order valence-electron chi connectivity index (χ4n) is 2.59. The first-order chi connectivity index (χ1) is 14.8. The fourth-order valence-corrected chi connectivity index (χ4v) is 3.52. The van der Waals surface area contributed by atoms with E-state index in [-0.39, 0.29) is 17.7 Å². The highest BCUT2D eigenvalue weighted by molar-refractivity contribution is 7.14. The summed E-state index contributed by atoms with van der Waals surface area (Å²) in [6.07, 6.45) is -1.11. The van der Waals surface area contributed by atoms with Crippen molar-refractivity contribution >= 4 is 45.7 Å². The predicted octanol–water partition coefficient (Wildman–Crippen LogP) is 4.26. The third-order valence-electron chi connectivity index (χ3n) is 4.24. The Hall–Kier alpha value is -3.36. The molecule has 0 bridgehead atoms. The van der Waals surface area contributed by atoms with E-state index in [1.165, 1.54) is 13.0 Å². The standard InChI is InChI=1S/C22H19ClN2O5S/c1-13(20(27)25-21-17(19(24)26)10-11-31-21)30-22(28)16-4-2-3-5-18(16)29-12-14-6-8-15(23)9-7-14/h2-11,13H,12H2,1H3,(H2,24,26)(H,25,27)/t13-/m0/s1. The number of nitrogens with one attached hydrogen (secondary N) is 1. The van der Waals surface area contributed by atoms with Gasteiger partial charge in [-0.1, -0.05) is 35.9 Å². The van der Waals surface area contributed by atoms with Crippen molar-refractivity contribution in [1.82, 2.24) is 0 Å². The summed E-state index contributed by atoms with van der Waals surface area (Å²) in [6.45, 7) is 1.66. The van der Waals surface area contributed by atoms with Gasteiger partial charge in [0.15, 0.2) is 6.10 Å². The molecule has 3 aromatic rings. The van der Waals surface area contributed by atoms with E-state index in [4.69, 9.17) is 26.8 Å². The van der Waals surface area contributed by atoms with E-state index >= 15 is 0 Å². The van der Waals surface area contributed by atoms with Crippen LogP contribution in [-0.4, -0.2) is 23.9 Å². The average Bonchev–Trinajstić information content (AvgIpc) is 3.22. The lowest BCUT2D eigenvalue weighted by Crippen LogP contribution is -2.30. The summed E-state index contributed by atoms with van der Waals surface area (Å²) in [6, 6.07) is 15.2. The van der Waals surface area contributed by atoms with E-state index in [0.29, 0.717) is 15.8 Å². The van der Waals surface area contributed by atoms with Crippen molar-refractivity contribution in [3.63, 3.8) is 0 Å². The zero-order valence-corrected chi connectivity index (χ0v) is 18.0. The number of hydrogen-bond acceptors (Lipinski definition) is 6. The molecule has 9 heteroatoms. The Morgan fingerprint density at radius 3 is 2.48 bits per heavy atom. The van der Waals surface area contributed by atoms with Gasteiger partial charge < -0.3 is 20.5 Å². The van der Waals surface area contributed by atoms with Gasteiger partial charge in [0, 0.05) is 5.02 Å². The lowest BCUT2D eigenvalue weighted by Gasteiger charge is -2.15. The van der Waals surface area contributed by atoms with Crippen LogP contribution in [0, 0.1) is 0 Å². The molecule has 0 unspecified atom stereocenters. The second-order valence-electron chi connectivity index (χ2n) is 6.48. The quantitative estimate of drug-likeness (QED) is 0.490. The SMILES string of the molecule is C[C@H](OC(=O)c1ccccc1OCc1ccc(Cl)cc1)C(=O)Nc1sccc1C(N)=O. The molecule has 0 radical (unpaired) electrons. The minimum atomic E-state index is -1.11. The molecule has 0 saturated heterocycles. The number of primary amides is 1. The minimum absolute atomic E-state index is 0.185. The third-order valence-corrected chi connectivity index (χ3v) is 5.32. The zero-order chi connectivity index (χ0) is 22.4. The van der Waals surface area contributed by atoms with Crippen LogP contribution in [-0.2, 0) is 16.1 Å². The summed E-state index contributed by atoms with van der Waals surface area (Å²) in [5.41, 5.74) is 6.53. The number of ether oxygens (including phenoxy) is 2. The molecule has 2 amide bonds. The van der Waals surface area contributed by atoms with E-state index in [1.54, 1.807) is 41.8 Å². The average molecular weight is 459 g/mol. The van der Waals surface area contributed by atoms with Gasteiger partial charge >= 0.3 is 5.97 Å². The lowest BCUT2D eigenvalue weighted by atomic mass is 10.2. The van der Waals surface area contributed by atoms with Crippen LogP contribution in [0.15, 0.2) is 60.0 Å². The minimum Gasteiger partial charge on any atom is -0.488 e. The Morgan fingerprint density at radius 2 is 1.77 bits per heavy atom. The number of benzene rings is 2. The zero-order valence-electron chi connectivity index (χ0n) is 16.5. The Morgan fingerprint density at radius 1 is 1.06 bits per heavy atom. The van der Waals surface area contributed by atoms with Crippen LogP contribution in [0.5, 0.6) is 5.75 Å². The number of thiophene rings is 1. The molecule has 0 saturated carbocycles. The number of rotatable bonds is 8. The van der Waals surface area contributed by atoms with E-state index < -0.39 is 23.9 Å². The maximum absolute atomic E-state index is 12.6. The molecule has 0 aliphatic heterocycles. The summed E-state index contributed by atoms with van der Waals surface area (Å²) in [5, 5.41) is 5.09. The monoisotopic (exact) mass is 458 g/mol. The number of halogens is 1. The van der Waals surface area contributed by atoms with Gasteiger partial charge in [-0.3, -0.25) is 9.59 Å². The normalized spacial score (nSPS) is 11.4. The van der Waals surface area contributed by atoms with Crippen LogP contribution >= 0.6 is 22.9 Å². The highest BCUT2D eigenvalue weighted by Crippen LogP contribution is 2.24. The van der Waals surface area contributed by atoms with E-state index in [1.807, 2.05) is 12.1 Å². The first kappa shape index (κ1) is 22.3. The molecule has 3 N–H and O–H groups in total. The number of esters is 1. The number of carbonyl (C=O) groups is 3. The molecule has 1 atom stereocenters.